The van der Waals surface area contributed by atoms with Crippen molar-refractivity contribution in [1.82, 2.24) is 0 Å². The number of hydrogen-bond donors (Lipinski definition) is 1. The zero-order valence-electron chi connectivity index (χ0n) is 14.5. The molecule has 1 N–H and O–H groups in total. The Morgan fingerprint density at radius 1 is 1.08 bits per heavy atom. The molecule has 1 aromatic heterocycles. The second-order valence-electron chi connectivity index (χ2n) is 5.47. The predicted molar refractivity (Wildman–Crippen MR) is 108 cm³/mol. The van der Waals surface area contributed by atoms with Gasteiger partial charge in [-0.15, -0.1) is 11.8 Å². The number of carbonyl (C=O) groups is 1. The molecule has 6 heteroatoms. The van der Waals surface area contributed by atoms with Gasteiger partial charge >= 0.3 is 0 Å². The maximum atomic E-state index is 12.7. The van der Waals surface area contributed by atoms with E-state index >= 15 is 0 Å². The summed E-state index contributed by atoms with van der Waals surface area (Å²) in [6.07, 6.45) is 0. The van der Waals surface area contributed by atoms with E-state index in [0.29, 0.717) is 17.1 Å². The Labute approximate surface area is 161 Å². The first kappa shape index (κ1) is 18.4. The first-order chi connectivity index (χ1) is 12.7. The number of methoxy groups -OCH3 is 2. The number of anilines is 1. The lowest BCUT2D eigenvalue weighted by Gasteiger charge is -2.12. The highest BCUT2D eigenvalue weighted by atomic mass is 32.2. The van der Waals surface area contributed by atoms with Crippen LogP contribution >= 0.6 is 23.1 Å². The third-order valence-corrected chi connectivity index (χ3v) is 5.60. The van der Waals surface area contributed by atoms with E-state index in [1.165, 1.54) is 5.56 Å². The molecular formula is C20H19NO3S2. The monoisotopic (exact) mass is 385 g/mol. The number of thioether (sulfide) groups is 1. The highest BCUT2D eigenvalue weighted by Crippen LogP contribution is 2.31. The van der Waals surface area contributed by atoms with Crippen molar-refractivity contribution in [3.05, 3.63) is 70.4 Å². The van der Waals surface area contributed by atoms with Crippen LogP contribution in [0.3, 0.4) is 0 Å². The lowest BCUT2D eigenvalue weighted by atomic mass is 10.2. The first-order valence-electron chi connectivity index (χ1n) is 7.97. The van der Waals surface area contributed by atoms with Gasteiger partial charge < -0.3 is 14.8 Å². The van der Waals surface area contributed by atoms with Gasteiger partial charge in [-0.05, 0) is 46.7 Å². The van der Waals surface area contributed by atoms with Gasteiger partial charge in [0.05, 0.1) is 19.9 Å². The van der Waals surface area contributed by atoms with Crippen LogP contribution < -0.4 is 14.8 Å². The molecule has 0 radical (unpaired) electrons. The van der Waals surface area contributed by atoms with Gasteiger partial charge in [-0.3, -0.25) is 4.79 Å². The van der Waals surface area contributed by atoms with E-state index in [9.17, 15) is 4.79 Å². The van der Waals surface area contributed by atoms with Crippen molar-refractivity contribution in [3.63, 3.8) is 0 Å². The Morgan fingerprint density at radius 2 is 1.81 bits per heavy atom. The smallest absolute Gasteiger partial charge is 0.255 e. The zero-order chi connectivity index (χ0) is 18.4. The molecule has 26 heavy (non-hydrogen) atoms. The summed E-state index contributed by atoms with van der Waals surface area (Å²) in [5.74, 6) is 1.82. The van der Waals surface area contributed by atoms with Crippen LogP contribution in [0.2, 0.25) is 0 Å². The van der Waals surface area contributed by atoms with Crippen LogP contribution in [-0.4, -0.2) is 20.1 Å². The number of thiophene rings is 1. The molecule has 3 aromatic rings. The molecule has 0 aliphatic rings. The van der Waals surface area contributed by atoms with Gasteiger partial charge in [-0.2, -0.15) is 11.3 Å². The number of rotatable bonds is 7. The molecule has 0 saturated carbocycles. The minimum absolute atomic E-state index is 0.203. The van der Waals surface area contributed by atoms with Crippen LogP contribution in [0.15, 0.2) is 64.2 Å². The second kappa shape index (κ2) is 8.78. The van der Waals surface area contributed by atoms with E-state index in [4.69, 9.17) is 9.47 Å². The standard InChI is InChI=1S/C20H19NO3S2/c1-23-16-9-15(10-17(11-16)24-2)20(22)21-18-5-3-4-6-19(18)26-13-14-7-8-25-12-14/h3-12H,13H2,1-2H3,(H,21,22). The Kier molecular flexibility index (Phi) is 6.20. The molecule has 0 fully saturated rings. The van der Waals surface area contributed by atoms with E-state index in [1.807, 2.05) is 24.3 Å². The van der Waals surface area contributed by atoms with Crippen molar-refractivity contribution in [2.45, 2.75) is 10.6 Å². The number of para-hydroxylation sites is 1. The van der Waals surface area contributed by atoms with Crippen molar-refractivity contribution in [1.29, 1.82) is 0 Å². The number of carbonyl (C=O) groups excluding carboxylic acids is 1. The molecule has 1 amide bonds. The summed E-state index contributed by atoms with van der Waals surface area (Å²) in [5, 5.41) is 7.20. The van der Waals surface area contributed by atoms with E-state index in [-0.39, 0.29) is 5.91 Å². The minimum atomic E-state index is -0.203. The van der Waals surface area contributed by atoms with Gasteiger partial charge in [0, 0.05) is 22.3 Å². The molecule has 0 spiro atoms. The Bertz CT molecular complexity index is 856. The van der Waals surface area contributed by atoms with Crippen LogP contribution in [0.5, 0.6) is 11.5 Å². The molecule has 0 unspecified atom stereocenters. The molecule has 3 rings (SSSR count). The lowest BCUT2D eigenvalue weighted by Crippen LogP contribution is -2.13. The fourth-order valence-corrected chi connectivity index (χ4v) is 4.09. The van der Waals surface area contributed by atoms with Crippen LogP contribution in [0.25, 0.3) is 0 Å². The van der Waals surface area contributed by atoms with Crippen molar-refractivity contribution in [2.24, 2.45) is 0 Å². The van der Waals surface area contributed by atoms with Gasteiger partial charge in [-0.1, -0.05) is 12.1 Å². The summed E-state index contributed by atoms with van der Waals surface area (Å²) in [4.78, 5) is 13.7. The van der Waals surface area contributed by atoms with Gasteiger partial charge in [0.15, 0.2) is 0 Å². The molecule has 0 aliphatic heterocycles. The Balaban J connectivity index is 1.77. The highest BCUT2D eigenvalue weighted by Gasteiger charge is 2.12. The Morgan fingerprint density at radius 3 is 2.46 bits per heavy atom. The van der Waals surface area contributed by atoms with Crippen LogP contribution in [0, 0.1) is 0 Å². The number of benzene rings is 2. The van der Waals surface area contributed by atoms with Crippen molar-refractivity contribution < 1.29 is 14.3 Å². The van der Waals surface area contributed by atoms with E-state index in [2.05, 4.69) is 22.1 Å². The molecule has 4 nitrogen and oxygen atoms in total. The van der Waals surface area contributed by atoms with E-state index in [1.54, 1.807) is 55.5 Å². The molecule has 1 heterocycles. The van der Waals surface area contributed by atoms with Gasteiger partial charge in [0.2, 0.25) is 0 Å². The van der Waals surface area contributed by atoms with Gasteiger partial charge in [-0.25, -0.2) is 0 Å². The fourth-order valence-electron chi connectivity index (χ4n) is 2.36. The number of hydrogen-bond acceptors (Lipinski definition) is 5. The lowest BCUT2D eigenvalue weighted by molar-refractivity contribution is 0.102. The molecule has 134 valence electrons. The predicted octanol–water partition coefficient (Wildman–Crippen LogP) is 5.31. The first-order valence-corrected chi connectivity index (χ1v) is 9.90. The van der Waals surface area contributed by atoms with E-state index < -0.39 is 0 Å². The second-order valence-corrected chi connectivity index (χ2v) is 7.27. The number of ether oxygens (including phenoxy) is 2. The quantitative estimate of drug-likeness (QED) is 0.560. The van der Waals surface area contributed by atoms with E-state index in [0.717, 1.165) is 16.3 Å². The van der Waals surface area contributed by atoms with Crippen LogP contribution in [0.1, 0.15) is 15.9 Å². The normalized spacial score (nSPS) is 10.4. The average Bonchev–Trinajstić information content (AvgIpc) is 3.20. The van der Waals surface area contributed by atoms with Crippen LogP contribution in [-0.2, 0) is 5.75 Å². The number of nitrogens with one attached hydrogen (secondary N) is 1. The summed E-state index contributed by atoms with van der Waals surface area (Å²) in [6, 6.07) is 15.0. The summed E-state index contributed by atoms with van der Waals surface area (Å²) >= 11 is 3.39. The van der Waals surface area contributed by atoms with Crippen molar-refractivity contribution >= 4 is 34.7 Å². The van der Waals surface area contributed by atoms with Crippen molar-refractivity contribution in [2.75, 3.05) is 19.5 Å². The van der Waals surface area contributed by atoms with Crippen LogP contribution in [0.4, 0.5) is 5.69 Å². The number of amides is 1. The van der Waals surface area contributed by atoms with Gasteiger partial charge in [0.25, 0.3) is 5.91 Å². The molecule has 0 saturated heterocycles. The maximum Gasteiger partial charge on any atom is 0.255 e. The third-order valence-electron chi connectivity index (χ3n) is 3.72. The fraction of sp³-hybridized carbons (Fsp3) is 0.150. The largest absolute Gasteiger partial charge is 0.497 e. The molecular weight excluding hydrogens is 366 g/mol. The maximum absolute atomic E-state index is 12.7. The molecule has 0 bridgehead atoms. The molecule has 2 aromatic carbocycles. The highest BCUT2D eigenvalue weighted by molar-refractivity contribution is 7.98. The topological polar surface area (TPSA) is 47.6 Å². The summed E-state index contributed by atoms with van der Waals surface area (Å²) in [5.41, 5.74) is 2.55. The summed E-state index contributed by atoms with van der Waals surface area (Å²) < 4.78 is 10.5. The van der Waals surface area contributed by atoms with Crippen molar-refractivity contribution in [3.8, 4) is 11.5 Å². The SMILES string of the molecule is COc1cc(OC)cc(C(=O)Nc2ccccc2SCc2ccsc2)c1. The Hall–Kier alpha value is -2.44. The molecule has 0 atom stereocenters. The zero-order valence-corrected chi connectivity index (χ0v) is 16.2. The average molecular weight is 386 g/mol. The summed E-state index contributed by atoms with van der Waals surface area (Å²) in [7, 11) is 3.12. The third kappa shape index (κ3) is 4.59. The summed E-state index contributed by atoms with van der Waals surface area (Å²) in [6.45, 7) is 0. The minimum Gasteiger partial charge on any atom is -0.497 e. The molecule has 0 aliphatic carbocycles. The van der Waals surface area contributed by atoms with Gasteiger partial charge in [0.1, 0.15) is 11.5 Å².